The third kappa shape index (κ3) is 4.86. The quantitative estimate of drug-likeness (QED) is 0.320. The van der Waals surface area contributed by atoms with Crippen LogP contribution in [0.5, 0.6) is 5.75 Å². The molecule has 0 saturated heterocycles. The molecule has 11 heteroatoms. The lowest BCUT2D eigenvalue weighted by molar-refractivity contribution is -0.137. The molecule has 0 fully saturated rings. The molecule has 0 radical (unpaired) electrons. The van der Waals surface area contributed by atoms with E-state index in [9.17, 15) is 35.2 Å². The highest BCUT2D eigenvalue weighted by molar-refractivity contribution is 7.92. The second kappa shape index (κ2) is 9.29. The smallest absolute Gasteiger partial charge is 0.416 e. The minimum atomic E-state index is -4.76. The van der Waals surface area contributed by atoms with E-state index in [0.717, 1.165) is 28.6 Å². The van der Waals surface area contributed by atoms with Crippen LogP contribution < -0.4 is 9.04 Å². The number of hydrogen-bond donors (Lipinski definition) is 0. The zero-order chi connectivity index (χ0) is 25.4. The van der Waals surface area contributed by atoms with Gasteiger partial charge in [-0.2, -0.15) is 13.2 Å². The van der Waals surface area contributed by atoms with Crippen LogP contribution in [0.3, 0.4) is 0 Å². The van der Waals surface area contributed by atoms with Crippen LogP contribution >= 0.6 is 0 Å². The highest BCUT2D eigenvalue weighted by Crippen LogP contribution is 2.41. The molecule has 1 heterocycles. The van der Waals surface area contributed by atoms with Crippen LogP contribution in [0.1, 0.15) is 18.4 Å². The lowest BCUT2D eigenvalue weighted by atomic mass is 10.0. The van der Waals surface area contributed by atoms with Crippen LogP contribution in [-0.4, -0.2) is 27.4 Å². The normalized spacial score (nSPS) is 15.9. The summed E-state index contributed by atoms with van der Waals surface area (Å²) in [5.74, 6) is -2.16. The van der Waals surface area contributed by atoms with Crippen molar-refractivity contribution in [2.45, 2.75) is 30.0 Å². The van der Waals surface area contributed by atoms with Crippen LogP contribution in [-0.2, 0) is 21.0 Å². The number of alkyl halides is 3. The summed E-state index contributed by atoms with van der Waals surface area (Å²) in [5.41, 5.74) is -1.18. The summed E-state index contributed by atoms with van der Waals surface area (Å²) in [7, 11) is -4.54. The molecule has 1 aliphatic rings. The maximum absolute atomic E-state index is 14.4. The molecule has 35 heavy (non-hydrogen) atoms. The van der Waals surface area contributed by atoms with Crippen molar-refractivity contribution < 1.29 is 39.9 Å². The van der Waals surface area contributed by atoms with Crippen molar-refractivity contribution in [2.75, 3.05) is 10.8 Å². The van der Waals surface area contributed by atoms with E-state index in [-0.39, 0.29) is 42.0 Å². The number of hydrogen-bond acceptors (Lipinski definition) is 4. The maximum Gasteiger partial charge on any atom is 0.416 e. The Bertz CT molecular complexity index is 1370. The molecule has 0 saturated carbocycles. The first-order valence-electron chi connectivity index (χ1n) is 10.4. The van der Waals surface area contributed by atoms with E-state index in [0.29, 0.717) is 12.4 Å². The fourth-order valence-corrected chi connectivity index (χ4v) is 5.34. The molecule has 4 rings (SSSR count). The molecule has 0 aromatic heterocycles. The van der Waals surface area contributed by atoms with E-state index in [1.54, 1.807) is 0 Å². The van der Waals surface area contributed by atoms with Crippen molar-refractivity contribution in [3.8, 4) is 16.9 Å². The third-order valence-electron chi connectivity index (χ3n) is 5.51. The number of sulfonamides is 1. The van der Waals surface area contributed by atoms with Crippen molar-refractivity contribution >= 4 is 22.0 Å². The van der Waals surface area contributed by atoms with Crippen molar-refractivity contribution in [1.82, 2.24) is 0 Å². The van der Waals surface area contributed by atoms with E-state index >= 15 is 0 Å². The Balaban J connectivity index is 1.84. The van der Waals surface area contributed by atoms with Gasteiger partial charge in [0.05, 0.1) is 22.7 Å². The zero-order valence-electron chi connectivity index (χ0n) is 17.9. The number of rotatable bonds is 6. The summed E-state index contributed by atoms with van der Waals surface area (Å²) < 4.78 is 102. The molecule has 3 aromatic carbocycles. The summed E-state index contributed by atoms with van der Waals surface area (Å²) in [5, 5.41) is 0. The number of carbonyl (C=O) groups is 1. The van der Waals surface area contributed by atoms with Crippen LogP contribution in [0, 0.1) is 11.6 Å². The number of nitrogens with zero attached hydrogens (tertiary/aromatic N) is 1. The van der Waals surface area contributed by atoms with Gasteiger partial charge in [0.15, 0.2) is 11.6 Å². The fourth-order valence-electron chi connectivity index (χ4n) is 3.80. The number of anilines is 1. The summed E-state index contributed by atoms with van der Waals surface area (Å²) in [4.78, 5) is 10.2. The first kappa shape index (κ1) is 24.6. The number of halogens is 5. The molecular formula is C24H18F5NO4S. The Kier molecular flexibility index (Phi) is 6.54. The van der Waals surface area contributed by atoms with Gasteiger partial charge in [-0.1, -0.05) is 24.3 Å². The van der Waals surface area contributed by atoms with Gasteiger partial charge in [-0.25, -0.2) is 17.2 Å². The second-order valence-electron chi connectivity index (χ2n) is 7.83. The van der Waals surface area contributed by atoms with Gasteiger partial charge in [0.25, 0.3) is 10.0 Å². The van der Waals surface area contributed by atoms with Gasteiger partial charge >= 0.3 is 6.18 Å². The molecule has 184 valence electrons. The average Bonchev–Trinajstić information content (AvgIpc) is 2.83. The van der Waals surface area contributed by atoms with Gasteiger partial charge < -0.3 is 9.53 Å². The standard InChI is InChI=1S/C24H18F5NO4S/c25-20-8-2-7-19(23(20)26)15-9-10-22-21(12-15)30(14-17(34-22)5-3-11-31)35(32,33)18-6-1-4-16(13-18)24(27,28)29/h1-2,4,6-13,17H,3,5,14H2/t17-/m0/s1. The fraction of sp³-hybridized carbons (Fsp3) is 0.208. The Labute approximate surface area is 197 Å². The Morgan fingerprint density at radius 1 is 1.03 bits per heavy atom. The van der Waals surface area contributed by atoms with Gasteiger partial charge in [0.1, 0.15) is 18.1 Å². The predicted octanol–water partition coefficient (Wildman–Crippen LogP) is 5.59. The topological polar surface area (TPSA) is 63.7 Å². The summed E-state index contributed by atoms with van der Waals surface area (Å²) in [6.45, 7) is -0.297. The Morgan fingerprint density at radius 2 is 1.77 bits per heavy atom. The summed E-state index contributed by atoms with van der Waals surface area (Å²) in [6, 6.07) is 10.9. The van der Waals surface area contributed by atoms with E-state index in [4.69, 9.17) is 4.74 Å². The van der Waals surface area contributed by atoms with Gasteiger partial charge in [0, 0.05) is 12.0 Å². The number of benzene rings is 3. The van der Waals surface area contributed by atoms with Crippen molar-refractivity contribution in [3.05, 3.63) is 77.9 Å². The van der Waals surface area contributed by atoms with Crippen molar-refractivity contribution in [2.24, 2.45) is 0 Å². The van der Waals surface area contributed by atoms with Crippen molar-refractivity contribution in [1.29, 1.82) is 0 Å². The molecule has 0 unspecified atom stereocenters. The molecule has 5 nitrogen and oxygen atoms in total. The predicted molar refractivity (Wildman–Crippen MR) is 117 cm³/mol. The van der Waals surface area contributed by atoms with Crippen molar-refractivity contribution in [3.63, 3.8) is 0 Å². The highest BCUT2D eigenvalue weighted by Gasteiger charge is 2.37. The van der Waals surface area contributed by atoms with E-state index < -0.39 is 44.4 Å². The summed E-state index contributed by atoms with van der Waals surface area (Å²) in [6.07, 6.45) is -4.64. The lowest BCUT2D eigenvalue weighted by Gasteiger charge is -2.35. The van der Waals surface area contributed by atoms with E-state index in [1.165, 1.54) is 30.3 Å². The largest absolute Gasteiger partial charge is 0.486 e. The third-order valence-corrected chi connectivity index (χ3v) is 7.28. The molecular weight excluding hydrogens is 493 g/mol. The number of aldehydes is 1. The van der Waals surface area contributed by atoms with Gasteiger partial charge in [-0.05, 0) is 48.4 Å². The number of ether oxygens (including phenoxy) is 1. The van der Waals surface area contributed by atoms with Gasteiger partial charge in [-0.15, -0.1) is 0 Å². The van der Waals surface area contributed by atoms with Gasteiger partial charge in [-0.3, -0.25) is 4.31 Å². The molecule has 3 aromatic rings. The first-order valence-corrected chi connectivity index (χ1v) is 11.8. The molecule has 1 atom stereocenters. The first-order chi connectivity index (χ1) is 16.5. The Hall–Kier alpha value is -3.47. The Morgan fingerprint density at radius 3 is 2.49 bits per heavy atom. The minimum absolute atomic E-state index is 0.0501. The number of carbonyl (C=O) groups excluding carboxylic acids is 1. The average molecular weight is 511 g/mol. The second-order valence-corrected chi connectivity index (χ2v) is 9.69. The van der Waals surface area contributed by atoms with Crippen LogP contribution in [0.2, 0.25) is 0 Å². The molecule has 1 aliphatic heterocycles. The monoisotopic (exact) mass is 511 g/mol. The SMILES string of the molecule is O=CCC[C@H]1CN(S(=O)(=O)c2cccc(C(F)(F)F)c2)c2cc(-c3cccc(F)c3F)ccc2O1. The molecule has 0 aliphatic carbocycles. The molecule has 0 N–H and O–H groups in total. The minimum Gasteiger partial charge on any atom is -0.486 e. The maximum atomic E-state index is 14.4. The van der Waals surface area contributed by atoms with E-state index in [2.05, 4.69) is 0 Å². The molecule has 0 spiro atoms. The molecule has 0 amide bonds. The van der Waals surface area contributed by atoms with Crippen LogP contribution in [0.4, 0.5) is 27.6 Å². The van der Waals surface area contributed by atoms with E-state index in [1.807, 2.05) is 0 Å². The highest BCUT2D eigenvalue weighted by atomic mass is 32.2. The van der Waals surface area contributed by atoms with Crippen LogP contribution in [0.15, 0.2) is 65.6 Å². The van der Waals surface area contributed by atoms with Gasteiger partial charge in [0.2, 0.25) is 0 Å². The summed E-state index contributed by atoms with van der Waals surface area (Å²) >= 11 is 0. The molecule has 0 bridgehead atoms. The zero-order valence-corrected chi connectivity index (χ0v) is 18.7. The lowest BCUT2D eigenvalue weighted by Crippen LogP contribution is -2.43. The van der Waals surface area contributed by atoms with Crippen LogP contribution in [0.25, 0.3) is 11.1 Å². The number of fused-ring (bicyclic) bond motifs is 1.